The minimum absolute atomic E-state index is 0.0536. The fourth-order valence-corrected chi connectivity index (χ4v) is 2.94. The van der Waals surface area contributed by atoms with Gasteiger partial charge in [-0.25, -0.2) is 9.18 Å². The second kappa shape index (κ2) is 8.73. The van der Waals surface area contributed by atoms with Crippen LogP contribution in [0.15, 0.2) is 59.5 Å². The highest BCUT2D eigenvalue weighted by Gasteiger charge is 2.20. The first-order chi connectivity index (χ1) is 15.7. The number of carbonyl (C=O) groups is 1. The van der Waals surface area contributed by atoms with Gasteiger partial charge in [0.2, 0.25) is 5.88 Å². The maximum absolute atomic E-state index is 14.3. The number of nitrogens with zero attached hydrogens (tertiary/aromatic N) is 4. The molecule has 0 saturated heterocycles. The molecule has 1 aromatic carbocycles. The molecular weight excluding hydrogens is 427 g/mol. The van der Waals surface area contributed by atoms with E-state index in [-0.39, 0.29) is 17.0 Å². The molecule has 0 spiro atoms. The molecule has 9 nitrogen and oxygen atoms in total. The van der Waals surface area contributed by atoms with Gasteiger partial charge in [0.05, 0.1) is 23.3 Å². The van der Waals surface area contributed by atoms with Crippen LogP contribution in [0.4, 0.5) is 20.8 Å². The molecule has 0 saturated carbocycles. The van der Waals surface area contributed by atoms with Crippen molar-refractivity contribution >= 4 is 17.6 Å². The molecule has 3 aromatic heterocycles. The Labute approximate surface area is 189 Å². The van der Waals surface area contributed by atoms with E-state index in [0.717, 1.165) is 5.56 Å². The summed E-state index contributed by atoms with van der Waals surface area (Å²) in [6.07, 6.45) is 5.14. The number of pyridine rings is 1. The van der Waals surface area contributed by atoms with E-state index in [1.54, 1.807) is 35.3 Å². The molecule has 2 amide bonds. The van der Waals surface area contributed by atoms with Crippen LogP contribution in [0.5, 0.6) is 11.5 Å². The SMILES string of the molecule is Cn1cc(-c2cc(Oc3ccc(F)c(NC(=O)Nc4cc(C(C)(C)C)no4)c3)ccn2)cn1. The van der Waals surface area contributed by atoms with Crippen LogP contribution < -0.4 is 15.4 Å². The number of rotatable bonds is 5. The number of carbonyl (C=O) groups excluding carboxylic acids is 1. The summed E-state index contributed by atoms with van der Waals surface area (Å²) < 4.78 is 27.0. The predicted octanol–water partition coefficient (Wildman–Crippen LogP) is 5.34. The lowest BCUT2D eigenvalue weighted by Crippen LogP contribution is -2.20. The highest BCUT2D eigenvalue weighted by atomic mass is 19.1. The summed E-state index contributed by atoms with van der Waals surface area (Å²) in [6, 6.07) is 8.44. The number of aryl methyl sites for hydroxylation is 1. The van der Waals surface area contributed by atoms with Gasteiger partial charge in [-0.1, -0.05) is 25.9 Å². The molecule has 0 aliphatic rings. The lowest BCUT2D eigenvalue weighted by atomic mass is 9.92. The average Bonchev–Trinajstić information content (AvgIpc) is 3.40. The molecule has 4 aromatic rings. The first-order valence-electron chi connectivity index (χ1n) is 10.1. The third-order valence-electron chi connectivity index (χ3n) is 4.67. The summed E-state index contributed by atoms with van der Waals surface area (Å²) in [7, 11) is 1.82. The predicted molar refractivity (Wildman–Crippen MR) is 121 cm³/mol. The lowest BCUT2D eigenvalue weighted by Gasteiger charge is -2.12. The van der Waals surface area contributed by atoms with Crippen molar-refractivity contribution in [3.63, 3.8) is 0 Å². The topological polar surface area (TPSA) is 107 Å². The van der Waals surface area contributed by atoms with Crippen molar-refractivity contribution in [1.82, 2.24) is 19.9 Å². The van der Waals surface area contributed by atoms with Crippen LogP contribution in [0, 0.1) is 5.82 Å². The van der Waals surface area contributed by atoms with Crippen LogP contribution >= 0.6 is 0 Å². The smallest absolute Gasteiger partial charge is 0.326 e. The maximum Gasteiger partial charge on any atom is 0.326 e. The second-order valence-electron chi connectivity index (χ2n) is 8.43. The molecule has 10 heteroatoms. The Morgan fingerprint density at radius 1 is 1.12 bits per heavy atom. The maximum atomic E-state index is 14.3. The first kappa shape index (κ1) is 22.0. The zero-order valence-electron chi connectivity index (χ0n) is 18.6. The summed E-state index contributed by atoms with van der Waals surface area (Å²) in [6.45, 7) is 5.91. The van der Waals surface area contributed by atoms with Crippen molar-refractivity contribution in [2.75, 3.05) is 10.6 Å². The minimum atomic E-state index is -0.676. The highest BCUT2D eigenvalue weighted by molar-refractivity contribution is 5.99. The standard InChI is InChI=1S/C23H23FN6O3/c1-23(2,3)20-11-21(33-29-20)28-22(31)27-19-10-15(5-6-17(19)24)32-16-7-8-25-18(9-16)14-12-26-30(4)13-14/h5-13H,1-4H3,(H2,27,28,31). The van der Waals surface area contributed by atoms with Crippen molar-refractivity contribution in [3.05, 3.63) is 66.5 Å². The average molecular weight is 450 g/mol. The zero-order chi connectivity index (χ0) is 23.6. The molecule has 170 valence electrons. The van der Waals surface area contributed by atoms with E-state index in [9.17, 15) is 9.18 Å². The van der Waals surface area contributed by atoms with Crippen LogP contribution in [0.1, 0.15) is 26.5 Å². The van der Waals surface area contributed by atoms with Gasteiger partial charge in [0.1, 0.15) is 17.3 Å². The molecule has 0 unspecified atom stereocenters. The van der Waals surface area contributed by atoms with Gasteiger partial charge >= 0.3 is 6.03 Å². The van der Waals surface area contributed by atoms with Gasteiger partial charge < -0.3 is 14.6 Å². The fourth-order valence-electron chi connectivity index (χ4n) is 2.94. The molecule has 2 N–H and O–H groups in total. The number of nitrogens with one attached hydrogen (secondary N) is 2. The first-order valence-corrected chi connectivity index (χ1v) is 10.1. The van der Waals surface area contributed by atoms with Crippen LogP contribution in [0.2, 0.25) is 0 Å². The summed E-state index contributed by atoms with van der Waals surface area (Å²) in [5.41, 5.74) is 1.91. The van der Waals surface area contributed by atoms with E-state index in [1.807, 2.05) is 34.0 Å². The normalized spacial score (nSPS) is 11.3. The number of amides is 2. The molecule has 0 bridgehead atoms. The summed E-state index contributed by atoms with van der Waals surface area (Å²) in [5, 5.41) is 13.0. The van der Waals surface area contributed by atoms with Crippen LogP contribution in [-0.2, 0) is 12.5 Å². The Bertz CT molecular complexity index is 1290. The Balaban J connectivity index is 1.46. The second-order valence-corrected chi connectivity index (χ2v) is 8.43. The van der Waals surface area contributed by atoms with E-state index >= 15 is 0 Å². The van der Waals surface area contributed by atoms with Gasteiger partial charge in [0.25, 0.3) is 0 Å². The quantitative estimate of drug-likeness (QED) is 0.425. The summed E-state index contributed by atoms with van der Waals surface area (Å²) in [5.74, 6) is 0.383. The van der Waals surface area contributed by atoms with Gasteiger partial charge in [-0.2, -0.15) is 5.10 Å². The summed E-state index contributed by atoms with van der Waals surface area (Å²) >= 11 is 0. The highest BCUT2D eigenvalue weighted by Crippen LogP contribution is 2.29. The van der Waals surface area contributed by atoms with Gasteiger partial charge in [-0.3, -0.25) is 15.0 Å². The molecule has 0 aliphatic heterocycles. The molecule has 0 aliphatic carbocycles. The molecule has 33 heavy (non-hydrogen) atoms. The number of ether oxygens (including phenoxy) is 1. The van der Waals surface area contributed by atoms with Gasteiger partial charge in [-0.15, -0.1) is 0 Å². The van der Waals surface area contributed by atoms with E-state index in [2.05, 4.69) is 25.9 Å². The Kier molecular flexibility index (Phi) is 5.82. The number of urea groups is 1. The molecule has 0 atom stereocenters. The van der Waals surface area contributed by atoms with E-state index in [4.69, 9.17) is 9.26 Å². The van der Waals surface area contributed by atoms with E-state index in [1.165, 1.54) is 18.2 Å². The van der Waals surface area contributed by atoms with E-state index < -0.39 is 11.8 Å². The van der Waals surface area contributed by atoms with Crippen LogP contribution in [-0.4, -0.2) is 26.0 Å². The monoisotopic (exact) mass is 450 g/mol. The number of anilines is 2. The third kappa shape index (κ3) is 5.35. The Morgan fingerprint density at radius 3 is 2.61 bits per heavy atom. The van der Waals surface area contributed by atoms with Crippen molar-refractivity contribution < 1.29 is 18.4 Å². The van der Waals surface area contributed by atoms with Crippen molar-refractivity contribution in [2.24, 2.45) is 7.05 Å². The van der Waals surface area contributed by atoms with E-state index in [0.29, 0.717) is 22.9 Å². The van der Waals surface area contributed by atoms with Gasteiger partial charge in [0.15, 0.2) is 0 Å². The molecule has 4 rings (SSSR count). The van der Waals surface area contributed by atoms with Crippen molar-refractivity contribution in [3.8, 4) is 22.8 Å². The largest absolute Gasteiger partial charge is 0.457 e. The number of benzene rings is 1. The lowest BCUT2D eigenvalue weighted by molar-refractivity contribution is 0.261. The molecule has 0 fully saturated rings. The van der Waals surface area contributed by atoms with Gasteiger partial charge in [0, 0.05) is 48.6 Å². The molecule has 0 radical (unpaired) electrons. The molecule has 3 heterocycles. The van der Waals surface area contributed by atoms with Crippen LogP contribution in [0.3, 0.4) is 0 Å². The zero-order valence-corrected chi connectivity index (χ0v) is 18.6. The van der Waals surface area contributed by atoms with Crippen molar-refractivity contribution in [2.45, 2.75) is 26.2 Å². The summed E-state index contributed by atoms with van der Waals surface area (Å²) in [4.78, 5) is 16.7. The number of hydrogen-bond donors (Lipinski definition) is 2. The Morgan fingerprint density at radius 2 is 1.91 bits per heavy atom. The minimum Gasteiger partial charge on any atom is -0.457 e. The number of halogens is 1. The van der Waals surface area contributed by atoms with Crippen molar-refractivity contribution in [1.29, 1.82) is 0 Å². The number of aromatic nitrogens is 4. The van der Waals surface area contributed by atoms with Gasteiger partial charge in [-0.05, 0) is 18.2 Å². The fraction of sp³-hybridized carbons (Fsp3) is 0.217. The number of hydrogen-bond acceptors (Lipinski definition) is 6. The third-order valence-corrected chi connectivity index (χ3v) is 4.67. The molecular formula is C23H23FN6O3. The Hall–Kier alpha value is -4.21. The van der Waals surface area contributed by atoms with Crippen LogP contribution in [0.25, 0.3) is 11.3 Å².